The van der Waals surface area contributed by atoms with Gasteiger partial charge in [0.1, 0.15) is 6.61 Å². The highest BCUT2D eigenvalue weighted by molar-refractivity contribution is 9.10. The van der Waals surface area contributed by atoms with Crippen molar-refractivity contribution in [3.05, 3.63) is 69.0 Å². The number of carbonyl (C=O) groups is 1. The Hall–Kier alpha value is -1.80. The fraction of sp³-hybridized carbons (Fsp3) is 0.100. The van der Waals surface area contributed by atoms with E-state index in [4.69, 9.17) is 33.3 Å². The first kappa shape index (κ1) is 20.9. The molecule has 0 saturated carbocycles. The highest BCUT2D eigenvalue weighted by Crippen LogP contribution is 2.38. The SMILES string of the molecule is C=CCOc1ccc(/C=C2/SC(=S)N(c3ccc(Br)c(Cl)c3)C2=O)cc1OC. The van der Waals surface area contributed by atoms with E-state index in [0.29, 0.717) is 38.0 Å². The lowest BCUT2D eigenvalue weighted by molar-refractivity contribution is -0.113. The predicted molar refractivity (Wildman–Crippen MR) is 123 cm³/mol. The molecule has 1 fully saturated rings. The average Bonchev–Trinajstić information content (AvgIpc) is 2.96. The summed E-state index contributed by atoms with van der Waals surface area (Å²) in [5, 5.41) is 0.510. The molecule has 2 aromatic carbocycles. The van der Waals surface area contributed by atoms with Gasteiger partial charge in [0.2, 0.25) is 0 Å². The molecule has 1 amide bonds. The second-order valence-corrected chi connectivity index (χ2v) is 8.56. The molecule has 0 unspecified atom stereocenters. The second kappa shape index (κ2) is 9.13. The molecule has 0 spiro atoms. The molecule has 0 bridgehead atoms. The summed E-state index contributed by atoms with van der Waals surface area (Å²) in [6, 6.07) is 10.7. The Morgan fingerprint density at radius 1 is 1.29 bits per heavy atom. The Labute approximate surface area is 186 Å². The summed E-state index contributed by atoms with van der Waals surface area (Å²) in [5.74, 6) is 0.988. The number of rotatable bonds is 6. The first-order valence-corrected chi connectivity index (χ1v) is 10.5. The van der Waals surface area contributed by atoms with Gasteiger partial charge in [0.05, 0.1) is 22.7 Å². The van der Waals surface area contributed by atoms with Gasteiger partial charge in [-0.3, -0.25) is 9.69 Å². The van der Waals surface area contributed by atoms with Crippen LogP contribution in [0.4, 0.5) is 5.69 Å². The maximum Gasteiger partial charge on any atom is 0.270 e. The van der Waals surface area contributed by atoms with E-state index < -0.39 is 0 Å². The van der Waals surface area contributed by atoms with Crippen LogP contribution in [-0.4, -0.2) is 23.9 Å². The highest BCUT2D eigenvalue weighted by Gasteiger charge is 2.33. The number of thiocarbonyl (C=S) groups is 1. The van der Waals surface area contributed by atoms with Gasteiger partial charge in [-0.05, 0) is 57.9 Å². The fourth-order valence-corrected chi connectivity index (χ4v) is 4.23. The number of nitrogens with zero attached hydrogens (tertiary/aromatic N) is 1. The standard InChI is InChI=1S/C20H15BrClNO3S2/c1-3-8-26-16-7-4-12(9-17(16)25-2)10-18-19(24)23(20(27)28-18)13-5-6-14(21)15(22)11-13/h3-7,9-11H,1,8H2,2H3/b18-10+. The van der Waals surface area contributed by atoms with Crippen molar-refractivity contribution in [2.75, 3.05) is 18.6 Å². The molecule has 0 atom stereocenters. The number of ether oxygens (including phenoxy) is 2. The summed E-state index contributed by atoms with van der Waals surface area (Å²) < 4.78 is 12.1. The molecule has 3 rings (SSSR count). The smallest absolute Gasteiger partial charge is 0.270 e. The lowest BCUT2D eigenvalue weighted by Gasteiger charge is -2.15. The van der Waals surface area contributed by atoms with Gasteiger partial charge < -0.3 is 9.47 Å². The molecular formula is C20H15BrClNO3S2. The predicted octanol–water partition coefficient (Wildman–Crippen LogP) is 6.08. The molecule has 0 aromatic heterocycles. The van der Waals surface area contributed by atoms with E-state index in [2.05, 4.69) is 22.5 Å². The van der Waals surface area contributed by atoms with E-state index in [-0.39, 0.29) is 5.91 Å². The van der Waals surface area contributed by atoms with E-state index in [1.165, 1.54) is 16.7 Å². The number of amides is 1. The quantitative estimate of drug-likeness (QED) is 0.275. The third-order valence-electron chi connectivity index (χ3n) is 3.80. The van der Waals surface area contributed by atoms with Crippen LogP contribution in [0.5, 0.6) is 11.5 Å². The zero-order valence-corrected chi connectivity index (χ0v) is 18.8. The van der Waals surface area contributed by atoms with Crippen LogP contribution in [0.1, 0.15) is 5.56 Å². The summed E-state index contributed by atoms with van der Waals surface area (Å²) in [4.78, 5) is 14.9. The molecule has 1 aliphatic rings. The van der Waals surface area contributed by atoms with Crippen molar-refractivity contribution in [1.29, 1.82) is 0 Å². The van der Waals surface area contributed by atoms with Crippen LogP contribution in [0.2, 0.25) is 5.02 Å². The van der Waals surface area contributed by atoms with E-state index in [0.717, 1.165) is 10.0 Å². The summed E-state index contributed by atoms with van der Waals surface area (Å²) in [5.41, 5.74) is 1.43. The average molecular weight is 497 g/mol. The van der Waals surface area contributed by atoms with Gasteiger partial charge in [-0.1, -0.05) is 54.3 Å². The Balaban J connectivity index is 1.89. The molecule has 28 heavy (non-hydrogen) atoms. The minimum atomic E-state index is -0.195. The molecule has 0 aliphatic carbocycles. The molecule has 1 heterocycles. The Morgan fingerprint density at radius 3 is 2.75 bits per heavy atom. The van der Waals surface area contributed by atoms with Crippen molar-refractivity contribution >= 4 is 73.5 Å². The Bertz CT molecular complexity index is 993. The van der Waals surface area contributed by atoms with Crippen molar-refractivity contribution < 1.29 is 14.3 Å². The van der Waals surface area contributed by atoms with Crippen molar-refractivity contribution in [2.45, 2.75) is 0 Å². The van der Waals surface area contributed by atoms with Gasteiger partial charge in [-0.2, -0.15) is 0 Å². The van der Waals surface area contributed by atoms with Crippen LogP contribution in [-0.2, 0) is 4.79 Å². The lowest BCUT2D eigenvalue weighted by Crippen LogP contribution is -2.27. The highest BCUT2D eigenvalue weighted by atomic mass is 79.9. The number of anilines is 1. The topological polar surface area (TPSA) is 38.8 Å². The van der Waals surface area contributed by atoms with Crippen molar-refractivity contribution in [2.24, 2.45) is 0 Å². The van der Waals surface area contributed by atoms with Gasteiger partial charge in [0.25, 0.3) is 5.91 Å². The van der Waals surface area contributed by atoms with Gasteiger partial charge in [-0.25, -0.2) is 0 Å². The first-order chi connectivity index (χ1) is 13.4. The van der Waals surface area contributed by atoms with Crippen LogP contribution in [0.15, 0.2) is 58.4 Å². The summed E-state index contributed by atoms with van der Waals surface area (Å²) in [6.45, 7) is 4.01. The van der Waals surface area contributed by atoms with Crippen LogP contribution < -0.4 is 14.4 Å². The molecule has 8 heteroatoms. The second-order valence-electron chi connectivity index (χ2n) is 5.63. The zero-order chi connectivity index (χ0) is 20.3. The third-order valence-corrected chi connectivity index (χ3v) is 6.33. The van der Waals surface area contributed by atoms with Crippen LogP contribution in [0.3, 0.4) is 0 Å². The largest absolute Gasteiger partial charge is 0.493 e. The van der Waals surface area contributed by atoms with Gasteiger partial charge in [0.15, 0.2) is 15.8 Å². The number of hydrogen-bond donors (Lipinski definition) is 0. The molecule has 144 valence electrons. The molecule has 0 N–H and O–H groups in total. The molecule has 2 aromatic rings. The Morgan fingerprint density at radius 2 is 2.07 bits per heavy atom. The number of thioether (sulfide) groups is 1. The number of carbonyl (C=O) groups excluding carboxylic acids is 1. The first-order valence-electron chi connectivity index (χ1n) is 8.09. The van der Waals surface area contributed by atoms with Gasteiger partial charge >= 0.3 is 0 Å². The molecule has 4 nitrogen and oxygen atoms in total. The van der Waals surface area contributed by atoms with Gasteiger partial charge in [0, 0.05) is 4.47 Å². The maximum atomic E-state index is 12.9. The maximum absolute atomic E-state index is 12.9. The van der Waals surface area contributed by atoms with E-state index in [1.54, 1.807) is 43.5 Å². The normalized spacial score (nSPS) is 15.2. The van der Waals surface area contributed by atoms with Crippen LogP contribution >= 0.6 is 51.5 Å². The van der Waals surface area contributed by atoms with E-state index in [1.807, 2.05) is 12.1 Å². The molecule has 0 radical (unpaired) electrons. The zero-order valence-electron chi connectivity index (χ0n) is 14.8. The van der Waals surface area contributed by atoms with Crippen molar-refractivity contribution in [3.8, 4) is 11.5 Å². The van der Waals surface area contributed by atoms with Crippen LogP contribution in [0, 0.1) is 0 Å². The monoisotopic (exact) mass is 495 g/mol. The number of benzene rings is 2. The summed E-state index contributed by atoms with van der Waals surface area (Å²) in [6.07, 6.45) is 3.44. The number of halogens is 2. The number of hydrogen-bond acceptors (Lipinski definition) is 5. The summed E-state index contributed by atoms with van der Waals surface area (Å²) in [7, 11) is 1.57. The summed E-state index contributed by atoms with van der Waals surface area (Å²) >= 11 is 16.2. The van der Waals surface area contributed by atoms with Crippen molar-refractivity contribution in [1.82, 2.24) is 0 Å². The van der Waals surface area contributed by atoms with E-state index >= 15 is 0 Å². The minimum Gasteiger partial charge on any atom is -0.493 e. The minimum absolute atomic E-state index is 0.195. The fourth-order valence-electron chi connectivity index (χ4n) is 2.51. The molecular weight excluding hydrogens is 482 g/mol. The van der Waals surface area contributed by atoms with Crippen molar-refractivity contribution in [3.63, 3.8) is 0 Å². The number of methoxy groups -OCH3 is 1. The third kappa shape index (κ3) is 4.43. The van der Waals surface area contributed by atoms with Gasteiger partial charge in [-0.15, -0.1) is 0 Å². The van der Waals surface area contributed by atoms with E-state index in [9.17, 15) is 4.79 Å². The van der Waals surface area contributed by atoms with Crippen LogP contribution in [0.25, 0.3) is 6.08 Å². The Kier molecular flexibility index (Phi) is 6.82. The lowest BCUT2D eigenvalue weighted by atomic mass is 10.2. The molecule has 1 aliphatic heterocycles. The molecule has 1 saturated heterocycles.